The molecule has 6 heteroatoms. The van der Waals surface area contributed by atoms with Gasteiger partial charge in [0.05, 0.1) is 26.0 Å². The van der Waals surface area contributed by atoms with E-state index in [0.717, 1.165) is 11.1 Å². The summed E-state index contributed by atoms with van der Waals surface area (Å²) in [4.78, 5) is 25.0. The molecule has 3 aromatic rings. The van der Waals surface area contributed by atoms with E-state index >= 15 is 0 Å². The van der Waals surface area contributed by atoms with Crippen LogP contribution in [0.15, 0.2) is 65.5 Å². The molecule has 0 saturated carbocycles. The molecular weight excluding hydrogens is 344 g/mol. The fraction of sp³-hybridized carbons (Fsp3) is 0.190. The van der Waals surface area contributed by atoms with Gasteiger partial charge in [-0.2, -0.15) is 5.10 Å². The van der Waals surface area contributed by atoms with Crippen LogP contribution in [-0.4, -0.2) is 29.5 Å². The zero-order valence-corrected chi connectivity index (χ0v) is 15.2. The van der Waals surface area contributed by atoms with Crippen LogP contribution in [0.4, 0.5) is 0 Å². The van der Waals surface area contributed by atoms with Crippen LogP contribution in [0.3, 0.4) is 0 Å². The monoisotopic (exact) mass is 364 g/mol. The normalized spacial score (nSPS) is 10.4. The molecule has 138 valence electrons. The van der Waals surface area contributed by atoms with E-state index in [9.17, 15) is 9.59 Å². The van der Waals surface area contributed by atoms with Crippen molar-refractivity contribution in [1.29, 1.82) is 0 Å². The maximum atomic E-state index is 12.8. The SMILES string of the molecule is CCOC(=O)c1cc(-c2ccc(OC)cc2)nn(Cc2ccccc2)c1=O. The summed E-state index contributed by atoms with van der Waals surface area (Å²) in [6.45, 7) is 2.15. The Kier molecular flexibility index (Phi) is 5.66. The molecule has 0 bridgehead atoms. The van der Waals surface area contributed by atoms with E-state index in [1.165, 1.54) is 10.7 Å². The fourth-order valence-electron chi connectivity index (χ4n) is 2.66. The van der Waals surface area contributed by atoms with Crippen LogP contribution < -0.4 is 10.3 Å². The Morgan fingerprint density at radius 2 is 1.78 bits per heavy atom. The highest BCUT2D eigenvalue weighted by Gasteiger charge is 2.17. The van der Waals surface area contributed by atoms with Crippen molar-refractivity contribution in [2.24, 2.45) is 0 Å². The van der Waals surface area contributed by atoms with E-state index < -0.39 is 11.5 Å². The molecule has 0 fully saturated rings. The molecule has 1 heterocycles. The Morgan fingerprint density at radius 3 is 2.41 bits per heavy atom. The standard InChI is InChI=1S/C21H20N2O4/c1-3-27-21(25)18-13-19(16-9-11-17(26-2)12-10-16)22-23(20(18)24)14-15-7-5-4-6-8-15/h4-13H,3,14H2,1-2H3. The van der Waals surface area contributed by atoms with Crippen LogP contribution in [0.25, 0.3) is 11.3 Å². The summed E-state index contributed by atoms with van der Waals surface area (Å²) < 4.78 is 11.5. The minimum atomic E-state index is -0.651. The molecule has 0 saturated heterocycles. The second-order valence-electron chi connectivity index (χ2n) is 5.84. The van der Waals surface area contributed by atoms with E-state index in [1.54, 1.807) is 26.2 Å². The van der Waals surface area contributed by atoms with Crippen molar-refractivity contribution in [1.82, 2.24) is 9.78 Å². The topological polar surface area (TPSA) is 70.4 Å². The Morgan fingerprint density at radius 1 is 1.07 bits per heavy atom. The minimum Gasteiger partial charge on any atom is -0.497 e. The van der Waals surface area contributed by atoms with E-state index in [-0.39, 0.29) is 18.7 Å². The summed E-state index contributed by atoms with van der Waals surface area (Å²) in [5.74, 6) is 0.0587. The zero-order chi connectivity index (χ0) is 19.2. The lowest BCUT2D eigenvalue weighted by atomic mass is 10.1. The molecular formula is C21H20N2O4. The van der Waals surface area contributed by atoms with Gasteiger partial charge in [-0.05, 0) is 42.8 Å². The van der Waals surface area contributed by atoms with E-state index in [0.29, 0.717) is 11.4 Å². The molecule has 0 atom stereocenters. The van der Waals surface area contributed by atoms with E-state index in [1.807, 2.05) is 42.5 Å². The number of carbonyl (C=O) groups excluding carboxylic acids is 1. The molecule has 0 N–H and O–H groups in total. The van der Waals surface area contributed by atoms with Gasteiger partial charge in [-0.3, -0.25) is 4.79 Å². The molecule has 0 spiro atoms. The number of esters is 1. The van der Waals surface area contributed by atoms with Gasteiger partial charge in [-0.15, -0.1) is 0 Å². The quantitative estimate of drug-likeness (QED) is 0.629. The predicted octanol–water partition coefficient (Wildman–Crippen LogP) is 3.14. The summed E-state index contributed by atoms with van der Waals surface area (Å²) in [7, 11) is 1.59. The van der Waals surface area contributed by atoms with E-state index in [4.69, 9.17) is 9.47 Å². The maximum absolute atomic E-state index is 12.8. The molecule has 0 amide bonds. The van der Waals surface area contributed by atoms with Crippen molar-refractivity contribution in [3.8, 4) is 17.0 Å². The molecule has 27 heavy (non-hydrogen) atoms. The van der Waals surface area contributed by atoms with Crippen LogP contribution >= 0.6 is 0 Å². The highest BCUT2D eigenvalue weighted by atomic mass is 16.5. The maximum Gasteiger partial charge on any atom is 0.343 e. The molecule has 3 rings (SSSR count). The van der Waals surface area contributed by atoms with Crippen LogP contribution in [0.5, 0.6) is 5.75 Å². The molecule has 0 aliphatic heterocycles. The van der Waals surface area contributed by atoms with Gasteiger partial charge in [0, 0.05) is 5.56 Å². The summed E-state index contributed by atoms with van der Waals surface area (Å²) in [5, 5.41) is 4.45. The first-order valence-electron chi connectivity index (χ1n) is 8.60. The number of methoxy groups -OCH3 is 1. The number of ether oxygens (including phenoxy) is 2. The second-order valence-corrected chi connectivity index (χ2v) is 5.84. The average molecular weight is 364 g/mol. The lowest BCUT2D eigenvalue weighted by molar-refractivity contribution is 0.0523. The minimum absolute atomic E-state index is 0.0337. The van der Waals surface area contributed by atoms with E-state index in [2.05, 4.69) is 5.10 Å². The van der Waals surface area contributed by atoms with Crippen molar-refractivity contribution in [2.45, 2.75) is 13.5 Å². The molecule has 2 aromatic carbocycles. The molecule has 6 nitrogen and oxygen atoms in total. The van der Waals surface area contributed by atoms with Crippen molar-refractivity contribution in [3.05, 3.63) is 82.1 Å². The number of hydrogen-bond acceptors (Lipinski definition) is 5. The first-order valence-corrected chi connectivity index (χ1v) is 8.60. The van der Waals surface area contributed by atoms with Crippen molar-refractivity contribution in [2.75, 3.05) is 13.7 Å². The number of nitrogens with zero attached hydrogens (tertiary/aromatic N) is 2. The van der Waals surface area contributed by atoms with Crippen LogP contribution in [-0.2, 0) is 11.3 Å². The Labute approximate surface area is 157 Å². The fourth-order valence-corrected chi connectivity index (χ4v) is 2.66. The summed E-state index contributed by atoms with van der Waals surface area (Å²) >= 11 is 0. The van der Waals surface area contributed by atoms with Crippen molar-refractivity contribution >= 4 is 5.97 Å². The summed E-state index contributed by atoms with van der Waals surface area (Å²) in [6.07, 6.45) is 0. The van der Waals surface area contributed by atoms with Crippen LogP contribution in [0.2, 0.25) is 0 Å². The van der Waals surface area contributed by atoms with Gasteiger partial charge in [0.1, 0.15) is 11.3 Å². The molecule has 0 unspecified atom stereocenters. The number of carbonyl (C=O) groups is 1. The Bertz CT molecular complexity index is 979. The zero-order valence-electron chi connectivity index (χ0n) is 15.2. The van der Waals surface area contributed by atoms with Crippen molar-refractivity contribution < 1.29 is 14.3 Å². The van der Waals surface area contributed by atoms with Gasteiger partial charge in [0.25, 0.3) is 5.56 Å². The first-order chi connectivity index (χ1) is 13.1. The summed E-state index contributed by atoms with van der Waals surface area (Å²) in [6, 6.07) is 18.2. The molecule has 1 aromatic heterocycles. The van der Waals surface area contributed by atoms with Crippen LogP contribution in [0, 0.1) is 0 Å². The third kappa shape index (κ3) is 4.23. The Balaban J connectivity index is 2.09. The Hall–Kier alpha value is -3.41. The highest BCUT2D eigenvalue weighted by Crippen LogP contribution is 2.21. The lowest BCUT2D eigenvalue weighted by Gasteiger charge is -2.11. The smallest absolute Gasteiger partial charge is 0.343 e. The largest absolute Gasteiger partial charge is 0.497 e. The first kappa shape index (κ1) is 18.4. The van der Waals surface area contributed by atoms with Gasteiger partial charge < -0.3 is 9.47 Å². The van der Waals surface area contributed by atoms with Gasteiger partial charge in [-0.1, -0.05) is 30.3 Å². The number of hydrogen-bond donors (Lipinski definition) is 0. The lowest BCUT2D eigenvalue weighted by Crippen LogP contribution is -2.30. The van der Waals surface area contributed by atoms with Crippen LogP contribution in [0.1, 0.15) is 22.8 Å². The third-order valence-corrected chi connectivity index (χ3v) is 4.03. The number of benzene rings is 2. The van der Waals surface area contributed by atoms with Crippen molar-refractivity contribution in [3.63, 3.8) is 0 Å². The second kappa shape index (κ2) is 8.31. The third-order valence-electron chi connectivity index (χ3n) is 4.03. The number of aromatic nitrogens is 2. The molecule has 0 aliphatic carbocycles. The molecule has 0 aliphatic rings. The average Bonchev–Trinajstić information content (AvgIpc) is 2.70. The molecule has 0 radical (unpaired) electrons. The number of rotatable bonds is 6. The van der Waals surface area contributed by atoms with Gasteiger partial charge >= 0.3 is 5.97 Å². The summed E-state index contributed by atoms with van der Waals surface area (Å²) in [5.41, 5.74) is 1.68. The van der Waals surface area contributed by atoms with Gasteiger partial charge in [-0.25, -0.2) is 9.48 Å². The predicted molar refractivity (Wildman–Crippen MR) is 102 cm³/mol. The highest BCUT2D eigenvalue weighted by molar-refractivity contribution is 5.90. The van der Waals surface area contributed by atoms with Gasteiger partial charge in [0.2, 0.25) is 0 Å². The van der Waals surface area contributed by atoms with Gasteiger partial charge in [0.15, 0.2) is 0 Å².